The van der Waals surface area contributed by atoms with Crippen molar-refractivity contribution in [3.05, 3.63) is 0 Å². The molecular formula is C15H30O6Si. The lowest BCUT2D eigenvalue weighted by molar-refractivity contribution is -0.267. The maximum atomic E-state index is 11.1. The van der Waals surface area contributed by atoms with Crippen LogP contribution in [-0.4, -0.2) is 57.7 Å². The van der Waals surface area contributed by atoms with Crippen molar-refractivity contribution in [1.29, 1.82) is 0 Å². The summed E-state index contributed by atoms with van der Waals surface area (Å²) in [6, 6.07) is 0. The van der Waals surface area contributed by atoms with Crippen LogP contribution in [0.2, 0.25) is 18.1 Å². The van der Waals surface area contributed by atoms with E-state index in [0.29, 0.717) is 13.0 Å². The lowest BCUT2D eigenvalue weighted by Gasteiger charge is -2.41. The molecule has 0 amide bonds. The van der Waals surface area contributed by atoms with Crippen molar-refractivity contribution in [2.75, 3.05) is 13.7 Å². The first-order chi connectivity index (χ1) is 9.98. The molecule has 22 heavy (non-hydrogen) atoms. The van der Waals surface area contributed by atoms with Gasteiger partial charge in [-0.15, -0.1) is 0 Å². The third-order valence-corrected chi connectivity index (χ3v) is 8.95. The highest BCUT2D eigenvalue weighted by Gasteiger charge is 2.42. The van der Waals surface area contributed by atoms with E-state index in [1.165, 1.54) is 14.0 Å². The van der Waals surface area contributed by atoms with Crippen molar-refractivity contribution < 1.29 is 28.5 Å². The molecule has 0 aromatic rings. The van der Waals surface area contributed by atoms with Gasteiger partial charge in [-0.3, -0.25) is 4.79 Å². The van der Waals surface area contributed by atoms with Gasteiger partial charge in [-0.25, -0.2) is 0 Å². The summed E-state index contributed by atoms with van der Waals surface area (Å²) >= 11 is 0. The monoisotopic (exact) mass is 334 g/mol. The molecule has 0 bridgehead atoms. The van der Waals surface area contributed by atoms with E-state index in [0.717, 1.165) is 0 Å². The van der Waals surface area contributed by atoms with E-state index in [2.05, 4.69) is 33.9 Å². The highest BCUT2D eigenvalue weighted by molar-refractivity contribution is 6.74. The lowest BCUT2D eigenvalue weighted by Crippen LogP contribution is -2.53. The Bertz CT molecular complexity index is 379. The molecule has 0 saturated carbocycles. The zero-order valence-corrected chi connectivity index (χ0v) is 15.7. The van der Waals surface area contributed by atoms with Crippen LogP contribution in [0.1, 0.15) is 34.1 Å². The van der Waals surface area contributed by atoms with Gasteiger partial charge in [0.25, 0.3) is 0 Å². The minimum atomic E-state index is -1.87. The maximum Gasteiger partial charge on any atom is 0.303 e. The quantitative estimate of drug-likeness (QED) is 0.613. The standard InChI is InChI=1S/C15H30O6Si/c1-10(16)20-13-12(17)8-11(21-14(13)18-5)9-19-22(6,7)15(2,3)4/h11-14,17H,8-9H2,1-7H3/t11-,12+,13+,14+/m0/s1. The van der Waals surface area contributed by atoms with Gasteiger partial charge in [-0.2, -0.15) is 0 Å². The molecule has 0 aliphatic carbocycles. The molecular weight excluding hydrogens is 304 g/mol. The van der Waals surface area contributed by atoms with Gasteiger partial charge in [0.2, 0.25) is 0 Å². The number of aliphatic hydroxyl groups is 1. The molecule has 1 N–H and O–H groups in total. The zero-order valence-electron chi connectivity index (χ0n) is 14.7. The van der Waals surface area contributed by atoms with Crippen LogP contribution < -0.4 is 0 Å². The van der Waals surface area contributed by atoms with Crippen molar-refractivity contribution in [3.63, 3.8) is 0 Å². The number of carbonyl (C=O) groups excluding carboxylic acids is 1. The molecule has 1 fully saturated rings. The predicted molar refractivity (Wildman–Crippen MR) is 85.0 cm³/mol. The van der Waals surface area contributed by atoms with E-state index in [1.807, 2.05) is 0 Å². The van der Waals surface area contributed by atoms with Gasteiger partial charge in [0.15, 0.2) is 20.7 Å². The Kier molecular flexibility index (Phi) is 6.58. The van der Waals surface area contributed by atoms with Crippen molar-refractivity contribution in [2.45, 2.75) is 76.8 Å². The van der Waals surface area contributed by atoms with Crippen molar-refractivity contribution >= 4 is 14.3 Å². The van der Waals surface area contributed by atoms with Gasteiger partial charge in [0, 0.05) is 20.5 Å². The molecule has 0 radical (unpaired) electrons. The highest BCUT2D eigenvalue weighted by Crippen LogP contribution is 2.37. The summed E-state index contributed by atoms with van der Waals surface area (Å²) < 4.78 is 22.2. The minimum Gasteiger partial charge on any atom is -0.454 e. The fourth-order valence-electron chi connectivity index (χ4n) is 2.05. The molecule has 0 unspecified atom stereocenters. The Morgan fingerprint density at radius 2 is 1.95 bits per heavy atom. The number of carbonyl (C=O) groups is 1. The number of methoxy groups -OCH3 is 1. The van der Waals surface area contributed by atoms with Crippen molar-refractivity contribution in [3.8, 4) is 0 Å². The van der Waals surface area contributed by atoms with Crippen molar-refractivity contribution in [2.24, 2.45) is 0 Å². The fourth-order valence-corrected chi connectivity index (χ4v) is 3.08. The van der Waals surface area contributed by atoms with Gasteiger partial charge in [0.05, 0.1) is 18.8 Å². The maximum absolute atomic E-state index is 11.1. The van der Waals surface area contributed by atoms with E-state index in [4.69, 9.17) is 18.6 Å². The molecule has 130 valence electrons. The Labute approximate surface area is 134 Å². The van der Waals surface area contributed by atoms with Crippen molar-refractivity contribution in [1.82, 2.24) is 0 Å². The first-order valence-corrected chi connectivity index (χ1v) is 10.6. The van der Waals surface area contributed by atoms with E-state index < -0.39 is 32.8 Å². The van der Waals surface area contributed by atoms with E-state index in [-0.39, 0.29) is 11.1 Å². The van der Waals surface area contributed by atoms with Crippen LogP contribution in [-0.2, 0) is 23.4 Å². The van der Waals surface area contributed by atoms with Crippen LogP contribution >= 0.6 is 0 Å². The van der Waals surface area contributed by atoms with Crippen LogP contribution in [0.15, 0.2) is 0 Å². The zero-order chi connectivity index (χ0) is 17.1. The number of ether oxygens (including phenoxy) is 3. The number of esters is 1. The smallest absolute Gasteiger partial charge is 0.303 e. The molecule has 6 nitrogen and oxygen atoms in total. The second kappa shape index (κ2) is 7.40. The second-order valence-electron chi connectivity index (χ2n) is 7.31. The molecule has 4 atom stereocenters. The first-order valence-electron chi connectivity index (χ1n) is 7.65. The summed E-state index contributed by atoms with van der Waals surface area (Å²) in [6.45, 7) is 12.6. The Hall–Kier alpha value is -0.473. The number of rotatable bonds is 5. The van der Waals surface area contributed by atoms with Crippen LogP contribution in [0.4, 0.5) is 0 Å². The van der Waals surface area contributed by atoms with E-state index in [9.17, 15) is 9.90 Å². The van der Waals surface area contributed by atoms with Gasteiger partial charge in [-0.1, -0.05) is 20.8 Å². The van der Waals surface area contributed by atoms with Crippen LogP contribution in [0.5, 0.6) is 0 Å². The van der Waals surface area contributed by atoms with Crippen LogP contribution in [0.3, 0.4) is 0 Å². The number of hydrogen-bond acceptors (Lipinski definition) is 6. The summed E-state index contributed by atoms with van der Waals surface area (Å²) in [5, 5.41) is 10.3. The third kappa shape index (κ3) is 5.02. The first kappa shape index (κ1) is 19.6. The van der Waals surface area contributed by atoms with Crippen LogP contribution in [0.25, 0.3) is 0 Å². The van der Waals surface area contributed by atoms with Crippen LogP contribution in [0, 0.1) is 0 Å². The molecule has 1 aliphatic heterocycles. The van der Waals surface area contributed by atoms with E-state index in [1.54, 1.807) is 0 Å². The summed E-state index contributed by atoms with van der Waals surface area (Å²) in [7, 11) is -0.411. The average molecular weight is 334 g/mol. The molecule has 0 aromatic carbocycles. The molecule has 1 saturated heterocycles. The summed E-state index contributed by atoms with van der Waals surface area (Å²) in [4.78, 5) is 11.1. The normalized spacial score (nSPS) is 30.2. The number of aliphatic hydroxyl groups excluding tert-OH is 1. The molecule has 7 heteroatoms. The largest absolute Gasteiger partial charge is 0.454 e. The Balaban J connectivity index is 2.64. The second-order valence-corrected chi connectivity index (χ2v) is 12.1. The molecule has 0 aromatic heterocycles. The average Bonchev–Trinajstić information content (AvgIpc) is 2.37. The summed E-state index contributed by atoms with van der Waals surface area (Å²) in [5.74, 6) is -0.467. The molecule has 1 rings (SSSR count). The topological polar surface area (TPSA) is 74.2 Å². The SMILES string of the molecule is CO[C@@H]1O[C@H](CO[Si](C)(C)C(C)(C)C)C[C@@H](O)[C@H]1OC(C)=O. The van der Waals surface area contributed by atoms with Gasteiger partial charge < -0.3 is 23.7 Å². The molecule has 1 heterocycles. The highest BCUT2D eigenvalue weighted by atomic mass is 28.4. The lowest BCUT2D eigenvalue weighted by atomic mass is 10.0. The summed E-state index contributed by atoms with van der Waals surface area (Å²) in [5.41, 5.74) is 0. The Morgan fingerprint density at radius 1 is 1.36 bits per heavy atom. The predicted octanol–water partition coefficient (Wildman–Crippen LogP) is 2.06. The number of hydrogen-bond donors (Lipinski definition) is 1. The molecule has 1 aliphatic rings. The minimum absolute atomic E-state index is 0.112. The molecule has 0 spiro atoms. The van der Waals surface area contributed by atoms with Gasteiger partial charge >= 0.3 is 5.97 Å². The third-order valence-electron chi connectivity index (χ3n) is 4.45. The van der Waals surface area contributed by atoms with Gasteiger partial charge in [-0.05, 0) is 18.1 Å². The summed E-state index contributed by atoms with van der Waals surface area (Å²) in [6.07, 6.45) is -2.32. The van der Waals surface area contributed by atoms with Gasteiger partial charge in [0.1, 0.15) is 0 Å². The Morgan fingerprint density at radius 3 is 2.41 bits per heavy atom. The van der Waals surface area contributed by atoms with E-state index >= 15 is 0 Å². The fraction of sp³-hybridized carbons (Fsp3) is 0.933.